The summed E-state index contributed by atoms with van der Waals surface area (Å²) < 4.78 is 37.5. The molecule has 1 aliphatic heterocycles. The Morgan fingerprint density at radius 2 is 2.11 bits per heavy atom. The third-order valence-electron chi connectivity index (χ3n) is 3.07. The van der Waals surface area contributed by atoms with Crippen molar-refractivity contribution in [1.82, 2.24) is 10.6 Å². The third kappa shape index (κ3) is 3.96. The number of amides is 1. The van der Waals surface area contributed by atoms with Gasteiger partial charge in [-0.05, 0) is 11.6 Å². The minimum Gasteiger partial charge on any atom is -0.355 e. The largest absolute Gasteiger partial charge is 0.416 e. The molecule has 6 heteroatoms. The van der Waals surface area contributed by atoms with Crippen LogP contribution in [0.1, 0.15) is 11.1 Å². The van der Waals surface area contributed by atoms with Gasteiger partial charge in [-0.15, -0.1) is 0 Å². The smallest absolute Gasteiger partial charge is 0.355 e. The summed E-state index contributed by atoms with van der Waals surface area (Å²) in [6.07, 6.45) is -4.39. The van der Waals surface area contributed by atoms with E-state index in [1.807, 2.05) is 0 Å². The fourth-order valence-corrected chi connectivity index (χ4v) is 1.86. The molecule has 0 bridgehead atoms. The number of halogens is 3. The van der Waals surface area contributed by atoms with Gasteiger partial charge in [0.05, 0.1) is 12.0 Å². The van der Waals surface area contributed by atoms with E-state index in [0.717, 1.165) is 25.2 Å². The molecule has 19 heavy (non-hydrogen) atoms. The Morgan fingerprint density at radius 1 is 1.37 bits per heavy atom. The van der Waals surface area contributed by atoms with Crippen molar-refractivity contribution in [2.75, 3.05) is 19.6 Å². The second-order valence-corrected chi connectivity index (χ2v) is 4.70. The molecule has 0 atom stereocenters. The summed E-state index contributed by atoms with van der Waals surface area (Å²) >= 11 is 0. The van der Waals surface area contributed by atoms with E-state index in [-0.39, 0.29) is 12.3 Å². The van der Waals surface area contributed by atoms with Crippen LogP contribution >= 0.6 is 0 Å². The molecule has 0 radical (unpaired) electrons. The molecule has 1 heterocycles. The number of nitrogens with one attached hydrogen (secondary N) is 2. The molecule has 0 saturated carbocycles. The predicted molar refractivity (Wildman–Crippen MR) is 64.5 cm³/mol. The Bertz CT molecular complexity index is 455. The lowest BCUT2D eigenvalue weighted by atomic mass is 10.0. The first-order chi connectivity index (χ1) is 8.95. The van der Waals surface area contributed by atoms with E-state index < -0.39 is 11.7 Å². The number of carbonyl (C=O) groups excluding carboxylic acids is 1. The topological polar surface area (TPSA) is 41.1 Å². The zero-order valence-corrected chi connectivity index (χ0v) is 10.3. The van der Waals surface area contributed by atoms with Crippen molar-refractivity contribution in [2.45, 2.75) is 12.6 Å². The van der Waals surface area contributed by atoms with Crippen LogP contribution in [0.15, 0.2) is 24.3 Å². The summed E-state index contributed by atoms with van der Waals surface area (Å²) in [4.78, 5) is 11.6. The average Bonchev–Trinajstić information content (AvgIpc) is 2.26. The molecule has 1 aliphatic rings. The van der Waals surface area contributed by atoms with Gasteiger partial charge in [0.1, 0.15) is 0 Å². The molecule has 0 unspecified atom stereocenters. The molecular formula is C13H15F3N2O. The Labute approximate surface area is 109 Å². The lowest BCUT2D eigenvalue weighted by Gasteiger charge is -2.27. The van der Waals surface area contributed by atoms with E-state index in [1.165, 1.54) is 12.1 Å². The Kier molecular flexibility index (Phi) is 4.09. The molecule has 0 aliphatic carbocycles. The van der Waals surface area contributed by atoms with Gasteiger partial charge in [-0.2, -0.15) is 13.2 Å². The molecular weight excluding hydrogens is 257 g/mol. The van der Waals surface area contributed by atoms with Gasteiger partial charge in [-0.25, -0.2) is 0 Å². The number of carbonyl (C=O) groups is 1. The average molecular weight is 272 g/mol. The van der Waals surface area contributed by atoms with Crippen LogP contribution in [0.4, 0.5) is 13.2 Å². The molecule has 0 spiro atoms. The fourth-order valence-electron chi connectivity index (χ4n) is 1.86. The standard InChI is InChI=1S/C13H15F3N2O/c14-13(15,16)11-3-1-2-9(4-11)5-12(19)18-8-10-6-17-7-10/h1-4,10,17H,5-8H2,(H,18,19). The highest BCUT2D eigenvalue weighted by Crippen LogP contribution is 2.29. The Hall–Kier alpha value is -1.56. The summed E-state index contributed by atoms with van der Waals surface area (Å²) in [5, 5.41) is 5.81. The summed E-state index contributed by atoms with van der Waals surface area (Å²) in [6, 6.07) is 4.87. The number of rotatable bonds is 4. The van der Waals surface area contributed by atoms with Gasteiger partial charge in [0.25, 0.3) is 0 Å². The quantitative estimate of drug-likeness (QED) is 0.874. The van der Waals surface area contributed by atoms with E-state index in [0.29, 0.717) is 18.0 Å². The first kappa shape index (κ1) is 13.9. The van der Waals surface area contributed by atoms with Crippen molar-refractivity contribution in [3.8, 4) is 0 Å². The lowest BCUT2D eigenvalue weighted by molar-refractivity contribution is -0.137. The van der Waals surface area contributed by atoms with Gasteiger partial charge in [0.2, 0.25) is 5.91 Å². The van der Waals surface area contributed by atoms with Crippen LogP contribution in [-0.4, -0.2) is 25.5 Å². The molecule has 1 fully saturated rings. The zero-order chi connectivity index (χ0) is 13.9. The maximum Gasteiger partial charge on any atom is 0.416 e. The van der Waals surface area contributed by atoms with Gasteiger partial charge in [0.15, 0.2) is 0 Å². The molecule has 0 aromatic heterocycles. The van der Waals surface area contributed by atoms with Crippen LogP contribution in [0, 0.1) is 5.92 Å². The SMILES string of the molecule is O=C(Cc1cccc(C(F)(F)F)c1)NCC1CNC1. The molecule has 3 nitrogen and oxygen atoms in total. The number of alkyl halides is 3. The molecule has 2 rings (SSSR count). The van der Waals surface area contributed by atoms with E-state index in [9.17, 15) is 18.0 Å². The van der Waals surface area contributed by atoms with Crippen molar-refractivity contribution in [1.29, 1.82) is 0 Å². The van der Waals surface area contributed by atoms with Gasteiger partial charge >= 0.3 is 6.18 Å². The van der Waals surface area contributed by atoms with Crippen LogP contribution in [0.2, 0.25) is 0 Å². The monoisotopic (exact) mass is 272 g/mol. The highest BCUT2D eigenvalue weighted by atomic mass is 19.4. The summed E-state index contributed by atoms with van der Waals surface area (Å²) in [5.74, 6) is 0.191. The van der Waals surface area contributed by atoms with Crippen LogP contribution < -0.4 is 10.6 Å². The Balaban J connectivity index is 1.89. The van der Waals surface area contributed by atoms with E-state index in [2.05, 4.69) is 10.6 Å². The maximum atomic E-state index is 12.5. The van der Waals surface area contributed by atoms with Crippen molar-refractivity contribution in [3.63, 3.8) is 0 Å². The molecule has 1 saturated heterocycles. The first-order valence-corrected chi connectivity index (χ1v) is 6.08. The van der Waals surface area contributed by atoms with E-state index in [4.69, 9.17) is 0 Å². The summed E-state index contributed by atoms with van der Waals surface area (Å²) in [7, 11) is 0. The number of hydrogen-bond donors (Lipinski definition) is 2. The summed E-state index contributed by atoms with van der Waals surface area (Å²) in [6.45, 7) is 2.33. The van der Waals surface area contributed by atoms with Crippen LogP contribution in [0.3, 0.4) is 0 Å². The van der Waals surface area contributed by atoms with Gasteiger partial charge in [-0.1, -0.05) is 18.2 Å². The minimum atomic E-state index is -4.37. The lowest BCUT2D eigenvalue weighted by Crippen LogP contribution is -2.48. The van der Waals surface area contributed by atoms with Crippen LogP contribution in [-0.2, 0) is 17.4 Å². The predicted octanol–water partition coefficient (Wildman–Crippen LogP) is 1.58. The van der Waals surface area contributed by atoms with Crippen molar-refractivity contribution >= 4 is 5.91 Å². The van der Waals surface area contributed by atoms with Crippen molar-refractivity contribution in [2.24, 2.45) is 5.92 Å². The van der Waals surface area contributed by atoms with Gasteiger partial charge in [0, 0.05) is 25.6 Å². The highest BCUT2D eigenvalue weighted by molar-refractivity contribution is 5.78. The van der Waals surface area contributed by atoms with Gasteiger partial charge in [-0.3, -0.25) is 4.79 Å². The highest BCUT2D eigenvalue weighted by Gasteiger charge is 2.30. The molecule has 1 aromatic carbocycles. The Morgan fingerprint density at radius 3 is 2.68 bits per heavy atom. The molecule has 104 valence electrons. The third-order valence-corrected chi connectivity index (χ3v) is 3.07. The van der Waals surface area contributed by atoms with Gasteiger partial charge < -0.3 is 10.6 Å². The second kappa shape index (κ2) is 5.61. The van der Waals surface area contributed by atoms with E-state index in [1.54, 1.807) is 0 Å². The fraction of sp³-hybridized carbons (Fsp3) is 0.462. The van der Waals surface area contributed by atoms with Crippen LogP contribution in [0.5, 0.6) is 0 Å². The van der Waals surface area contributed by atoms with Crippen LogP contribution in [0.25, 0.3) is 0 Å². The normalized spacial score (nSPS) is 15.9. The number of hydrogen-bond acceptors (Lipinski definition) is 2. The molecule has 2 N–H and O–H groups in total. The van der Waals surface area contributed by atoms with Crippen molar-refractivity contribution in [3.05, 3.63) is 35.4 Å². The minimum absolute atomic E-state index is 0.0237. The number of benzene rings is 1. The van der Waals surface area contributed by atoms with Crippen molar-refractivity contribution < 1.29 is 18.0 Å². The molecule has 1 aromatic rings. The first-order valence-electron chi connectivity index (χ1n) is 6.08. The zero-order valence-electron chi connectivity index (χ0n) is 10.3. The maximum absolute atomic E-state index is 12.5. The summed E-state index contributed by atoms with van der Waals surface area (Å²) in [5.41, 5.74) is -0.347. The molecule has 1 amide bonds. The van der Waals surface area contributed by atoms with E-state index >= 15 is 0 Å². The second-order valence-electron chi connectivity index (χ2n) is 4.70.